The molecule has 1 amide bonds. The molecule has 5 rings (SSSR count). The van der Waals surface area contributed by atoms with Crippen LogP contribution in [0, 0.1) is 16.7 Å². The van der Waals surface area contributed by atoms with Gasteiger partial charge in [-0.3, -0.25) is 9.69 Å². The van der Waals surface area contributed by atoms with Crippen molar-refractivity contribution in [1.82, 2.24) is 20.0 Å². The summed E-state index contributed by atoms with van der Waals surface area (Å²) in [4.78, 5) is 15.6. The Morgan fingerprint density at radius 1 is 1.24 bits per heavy atom. The average Bonchev–Trinajstić information content (AvgIpc) is 3.35. The number of amides is 1. The van der Waals surface area contributed by atoms with Crippen LogP contribution in [0.2, 0.25) is 0 Å². The van der Waals surface area contributed by atoms with E-state index in [9.17, 15) is 4.79 Å². The van der Waals surface area contributed by atoms with E-state index in [0.29, 0.717) is 18.2 Å². The molecule has 2 aliphatic carbocycles. The molecule has 7 nitrogen and oxygen atoms in total. The van der Waals surface area contributed by atoms with Crippen molar-refractivity contribution in [2.75, 3.05) is 39.5 Å². The Bertz CT molecular complexity index is 780. The fraction of sp³-hybridized carbons (Fsp3) is 0.818. The van der Waals surface area contributed by atoms with E-state index in [0.717, 1.165) is 45.1 Å². The molecule has 1 aromatic heterocycles. The molecule has 0 aromatic carbocycles. The van der Waals surface area contributed by atoms with Gasteiger partial charge in [-0.15, -0.1) is 0 Å². The van der Waals surface area contributed by atoms with Crippen molar-refractivity contribution in [2.45, 2.75) is 58.5 Å². The van der Waals surface area contributed by atoms with Gasteiger partial charge in [0.1, 0.15) is 0 Å². The van der Waals surface area contributed by atoms with Crippen molar-refractivity contribution in [3.05, 3.63) is 11.8 Å². The lowest BCUT2D eigenvalue weighted by molar-refractivity contribution is 0.0256. The largest absolute Gasteiger partial charge is 0.478 e. The van der Waals surface area contributed by atoms with Gasteiger partial charge < -0.3 is 14.8 Å². The smallest absolute Gasteiger partial charge is 0.272 e. The Labute approximate surface area is 173 Å². The number of nitrogens with one attached hydrogen (secondary N) is 1. The SMILES string of the molecule is CC1(C)C2CC[C@@](C)(C2)[C@@H]1NC(=O)c1cc2n(n1)C(CN1CCOCC1)CCO2. The van der Waals surface area contributed by atoms with Crippen LogP contribution in [0.5, 0.6) is 5.88 Å². The third-order valence-electron chi connectivity index (χ3n) is 8.10. The van der Waals surface area contributed by atoms with Gasteiger partial charge in [0.05, 0.1) is 25.9 Å². The number of carbonyl (C=O) groups is 1. The highest BCUT2D eigenvalue weighted by Crippen LogP contribution is 2.62. The van der Waals surface area contributed by atoms with Gasteiger partial charge >= 0.3 is 0 Å². The van der Waals surface area contributed by atoms with Gasteiger partial charge in [0, 0.05) is 38.2 Å². The highest BCUT2D eigenvalue weighted by atomic mass is 16.5. The molecule has 3 heterocycles. The summed E-state index contributed by atoms with van der Waals surface area (Å²) in [5, 5.41) is 8.06. The maximum absolute atomic E-state index is 13.2. The molecule has 1 saturated heterocycles. The zero-order valence-corrected chi connectivity index (χ0v) is 17.9. The Hall–Kier alpha value is -1.60. The summed E-state index contributed by atoms with van der Waals surface area (Å²) in [6.45, 7) is 12.1. The minimum absolute atomic E-state index is 0.0625. The fourth-order valence-corrected chi connectivity index (χ4v) is 6.40. The van der Waals surface area contributed by atoms with Crippen LogP contribution in [0.25, 0.3) is 0 Å². The van der Waals surface area contributed by atoms with Crippen LogP contribution < -0.4 is 10.1 Å². The molecule has 4 aliphatic rings. The highest BCUT2D eigenvalue weighted by Gasteiger charge is 2.59. The second-order valence-corrected chi connectivity index (χ2v) is 10.3. The highest BCUT2D eigenvalue weighted by molar-refractivity contribution is 5.93. The first-order valence-corrected chi connectivity index (χ1v) is 11.2. The lowest BCUT2D eigenvalue weighted by Crippen LogP contribution is -2.52. The summed E-state index contributed by atoms with van der Waals surface area (Å²) in [7, 11) is 0. The monoisotopic (exact) mass is 402 g/mol. The van der Waals surface area contributed by atoms with Crippen LogP contribution >= 0.6 is 0 Å². The maximum atomic E-state index is 13.2. The van der Waals surface area contributed by atoms with Crippen LogP contribution in [0.15, 0.2) is 6.07 Å². The topological polar surface area (TPSA) is 68.6 Å². The van der Waals surface area contributed by atoms with E-state index in [4.69, 9.17) is 14.6 Å². The molecule has 0 spiro atoms. The number of carbonyl (C=O) groups excluding carboxylic acids is 1. The van der Waals surface area contributed by atoms with E-state index in [1.165, 1.54) is 19.3 Å². The minimum Gasteiger partial charge on any atom is -0.478 e. The molecular weight excluding hydrogens is 368 g/mol. The van der Waals surface area contributed by atoms with Gasteiger partial charge in [-0.1, -0.05) is 20.8 Å². The molecule has 2 aliphatic heterocycles. The van der Waals surface area contributed by atoms with E-state index in [-0.39, 0.29) is 28.8 Å². The summed E-state index contributed by atoms with van der Waals surface area (Å²) in [6.07, 6.45) is 4.63. The van der Waals surface area contributed by atoms with Crippen molar-refractivity contribution in [3.63, 3.8) is 0 Å². The van der Waals surface area contributed by atoms with Crippen molar-refractivity contribution in [3.8, 4) is 5.88 Å². The third-order valence-corrected chi connectivity index (χ3v) is 8.10. The summed E-state index contributed by atoms with van der Waals surface area (Å²) in [6, 6.07) is 2.27. The first-order chi connectivity index (χ1) is 13.9. The van der Waals surface area contributed by atoms with E-state index < -0.39 is 0 Å². The molecule has 7 heteroatoms. The third kappa shape index (κ3) is 3.26. The molecule has 29 heavy (non-hydrogen) atoms. The summed E-state index contributed by atoms with van der Waals surface area (Å²) >= 11 is 0. The van der Waals surface area contributed by atoms with Crippen LogP contribution in [0.4, 0.5) is 0 Å². The predicted molar refractivity (Wildman–Crippen MR) is 109 cm³/mol. The molecule has 2 unspecified atom stereocenters. The molecular formula is C22H34N4O3. The fourth-order valence-electron chi connectivity index (χ4n) is 6.40. The van der Waals surface area contributed by atoms with Crippen molar-refractivity contribution < 1.29 is 14.3 Å². The maximum Gasteiger partial charge on any atom is 0.272 e. The predicted octanol–water partition coefficient (Wildman–Crippen LogP) is 2.48. The average molecular weight is 403 g/mol. The molecule has 2 bridgehead atoms. The lowest BCUT2D eigenvalue weighted by Gasteiger charge is -2.42. The molecule has 160 valence electrons. The molecule has 0 radical (unpaired) electrons. The van der Waals surface area contributed by atoms with Crippen molar-refractivity contribution >= 4 is 5.91 Å². The van der Waals surface area contributed by atoms with Gasteiger partial charge in [-0.05, 0) is 36.0 Å². The Morgan fingerprint density at radius 2 is 2.03 bits per heavy atom. The van der Waals surface area contributed by atoms with Crippen LogP contribution in [0.1, 0.15) is 63.0 Å². The minimum atomic E-state index is -0.0625. The number of ether oxygens (including phenoxy) is 2. The second-order valence-electron chi connectivity index (χ2n) is 10.3. The molecule has 1 N–H and O–H groups in total. The number of hydrogen-bond donors (Lipinski definition) is 1. The first-order valence-electron chi connectivity index (χ1n) is 11.2. The van der Waals surface area contributed by atoms with Crippen molar-refractivity contribution in [2.24, 2.45) is 16.7 Å². The van der Waals surface area contributed by atoms with E-state index in [1.54, 1.807) is 0 Å². The second kappa shape index (κ2) is 6.98. The number of aromatic nitrogens is 2. The number of fused-ring (bicyclic) bond motifs is 3. The summed E-state index contributed by atoms with van der Waals surface area (Å²) in [5.74, 6) is 1.36. The van der Waals surface area contributed by atoms with Crippen LogP contribution in [-0.2, 0) is 4.74 Å². The van der Waals surface area contributed by atoms with Crippen molar-refractivity contribution in [1.29, 1.82) is 0 Å². The molecule has 3 fully saturated rings. The van der Waals surface area contributed by atoms with Gasteiger partial charge in [-0.25, -0.2) is 4.68 Å². The number of rotatable bonds is 4. The number of hydrogen-bond acceptors (Lipinski definition) is 5. The van der Waals surface area contributed by atoms with E-state index >= 15 is 0 Å². The van der Waals surface area contributed by atoms with E-state index in [2.05, 4.69) is 31.0 Å². The zero-order valence-electron chi connectivity index (χ0n) is 17.9. The first kappa shape index (κ1) is 19.4. The quantitative estimate of drug-likeness (QED) is 0.838. The zero-order chi connectivity index (χ0) is 20.2. The van der Waals surface area contributed by atoms with Gasteiger partial charge in [0.15, 0.2) is 5.69 Å². The Kier molecular flexibility index (Phi) is 4.66. The summed E-state index contributed by atoms with van der Waals surface area (Å²) < 4.78 is 13.2. The number of nitrogens with zero attached hydrogens (tertiary/aromatic N) is 3. The van der Waals surface area contributed by atoms with Crippen LogP contribution in [-0.4, -0.2) is 66.1 Å². The Morgan fingerprint density at radius 3 is 2.76 bits per heavy atom. The summed E-state index contributed by atoms with van der Waals surface area (Å²) in [5.41, 5.74) is 0.826. The Balaban J connectivity index is 1.31. The molecule has 1 aromatic rings. The van der Waals surface area contributed by atoms with Crippen LogP contribution in [0.3, 0.4) is 0 Å². The van der Waals surface area contributed by atoms with Gasteiger partial charge in [-0.2, -0.15) is 5.10 Å². The molecule has 2 saturated carbocycles. The van der Waals surface area contributed by atoms with Gasteiger partial charge in [0.2, 0.25) is 5.88 Å². The number of morpholine rings is 1. The van der Waals surface area contributed by atoms with E-state index in [1.807, 2.05) is 10.7 Å². The lowest BCUT2D eigenvalue weighted by atomic mass is 9.68. The van der Waals surface area contributed by atoms with Gasteiger partial charge in [0.25, 0.3) is 5.91 Å². The molecule has 4 atom stereocenters. The standard InChI is InChI=1S/C22H34N4O3/c1-21(2)15-4-6-22(3,13-15)20(21)23-19(27)17-12-18-26(24-17)16(5-9-29-18)14-25-7-10-28-11-8-25/h12,15-16,20H,4-11,13-14H2,1-3H3,(H,23,27)/t15?,16?,20-,22+/m1/s1. The normalized spacial score (nSPS) is 35.9.